The van der Waals surface area contributed by atoms with E-state index < -0.39 is 0 Å². The molecule has 0 saturated heterocycles. The summed E-state index contributed by atoms with van der Waals surface area (Å²) < 4.78 is 0. The Morgan fingerprint density at radius 2 is 1.64 bits per heavy atom. The highest BCUT2D eigenvalue weighted by Gasteiger charge is 2.69. The second-order valence-electron chi connectivity index (χ2n) is 7.71. The lowest BCUT2D eigenvalue weighted by Gasteiger charge is -2.49. The molecule has 80 valence electrons. The molecular formula is C14H24. The van der Waals surface area contributed by atoms with Crippen LogP contribution in [-0.4, -0.2) is 0 Å². The zero-order valence-electron chi connectivity index (χ0n) is 10.2. The van der Waals surface area contributed by atoms with Gasteiger partial charge in [0.25, 0.3) is 0 Å². The zero-order chi connectivity index (χ0) is 10.2. The molecule has 4 atom stereocenters. The highest BCUT2D eigenvalue weighted by atomic mass is 14.7. The van der Waals surface area contributed by atoms with Crippen molar-refractivity contribution in [3.63, 3.8) is 0 Å². The highest BCUT2D eigenvalue weighted by Crippen LogP contribution is 2.79. The van der Waals surface area contributed by atoms with Crippen molar-refractivity contribution >= 4 is 0 Å². The normalized spacial score (nSPS) is 59.1. The van der Waals surface area contributed by atoms with Crippen LogP contribution in [0.1, 0.15) is 59.8 Å². The van der Waals surface area contributed by atoms with Crippen LogP contribution in [0, 0.1) is 28.1 Å². The lowest BCUT2D eigenvalue weighted by Crippen LogP contribution is -2.39. The molecule has 2 bridgehead atoms. The molecule has 3 aliphatic carbocycles. The molecular weight excluding hydrogens is 168 g/mol. The summed E-state index contributed by atoms with van der Waals surface area (Å²) in [6, 6.07) is 0. The van der Waals surface area contributed by atoms with Gasteiger partial charge in [-0.1, -0.05) is 27.7 Å². The summed E-state index contributed by atoms with van der Waals surface area (Å²) in [4.78, 5) is 0. The summed E-state index contributed by atoms with van der Waals surface area (Å²) in [5.74, 6) is 2.05. The van der Waals surface area contributed by atoms with Crippen molar-refractivity contribution in [2.45, 2.75) is 59.8 Å². The average Bonchev–Trinajstić information content (AvgIpc) is 2.49. The zero-order valence-corrected chi connectivity index (χ0v) is 10.2. The maximum Gasteiger partial charge on any atom is -0.0230 e. The fourth-order valence-electron chi connectivity index (χ4n) is 5.21. The highest BCUT2D eigenvalue weighted by molar-refractivity contribution is 5.19. The fourth-order valence-corrected chi connectivity index (χ4v) is 5.21. The molecule has 0 amide bonds. The van der Waals surface area contributed by atoms with Gasteiger partial charge in [0.1, 0.15) is 0 Å². The lowest BCUT2D eigenvalue weighted by molar-refractivity contribution is 0.0107. The third-order valence-electron chi connectivity index (χ3n) is 5.75. The summed E-state index contributed by atoms with van der Waals surface area (Å²) in [7, 11) is 0. The Kier molecular flexibility index (Phi) is 1.47. The monoisotopic (exact) mass is 192 g/mol. The van der Waals surface area contributed by atoms with Crippen LogP contribution in [0.25, 0.3) is 0 Å². The first-order chi connectivity index (χ1) is 6.36. The van der Waals surface area contributed by atoms with E-state index in [0.717, 1.165) is 22.7 Å². The minimum Gasteiger partial charge on any atom is -0.0622 e. The van der Waals surface area contributed by atoms with Crippen LogP contribution >= 0.6 is 0 Å². The molecule has 1 spiro atoms. The van der Waals surface area contributed by atoms with Gasteiger partial charge in [0.15, 0.2) is 0 Å². The molecule has 0 heteroatoms. The van der Waals surface area contributed by atoms with Crippen LogP contribution in [0.2, 0.25) is 0 Å². The predicted octanol–water partition coefficient (Wildman–Crippen LogP) is 4.25. The SMILES string of the molecule is CC1CC2(C)CC23CC1CC(C)(C)C3. The molecule has 3 aliphatic rings. The third-order valence-corrected chi connectivity index (χ3v) is 5.75. The number of rotatable bonds is 0. The maximum absolute atomic E-state index is 2.56. The molecule has 0 aliphatic heterocycles. The molecule has 3 saturated carbocycles. The molecule has 4 unspecified atom stereocenters. The molecule has 0 N–H and O–H groups in total. The molecule has 0 nitrogen and oxygen atoms in total. The molecule has 3 rings (SSSR count). The number of hydrogen-bond acceptors (Lipinski definition) is 0. The van der Waals surface area contributed by atoms with Gasteiger partial charge in [0.2, 0.25) is 0 Å². The van der Waals surface area contributed by atoms with Crippen LogP contribution < -0.4 is 0 Å². The molecule has 0 radical (unpaired) electrons. The van der Waals surface area contributed by atoms with Crippen LogP contribution in [0.3, 0.4) is 0 Å². The van der Waals surface area contributed by atoms with Gasteiger partial charge in [-0.05, 0) is 60.2 Å². The van der Waals surface area contributed by atoms with E-state index >= 15 is 0 Å². The van der Waals surface area contributed by atoms with E-state index in [0.29, 0.717) is 5.41 Å². The van der Waals surface area contributed by atoms with Crippen molar-refractivity contribution in [2.24, 2.45) is 28.1 Å². The summed E-state index contributed by atoms with van der Waals surface area (Å²) in [6.45, 7) is 10.1. The quantitative estimate of drug-likeness (QED) is 0.538. The lowest BCUT2D eigenvalue weighted by atomic mass is 9.56. The van der Waals surface area contributed by atoms with Gasteiger partial charge in [-0.25, -0.2) is 0 Å². The van der Waals surface area contributed by atoms with Crippen molar-refractivity contribution in [2.75, 3.05) is 0 Å². The number of hydrogen-bond donors (Lipinski definition) is 0. The van der Waals surface area contributed by atoms with E-state index in [-0.39, 0.29) is 0 Å². The first kappa shape index (κ1) is 9.24. The minimum absolute atomic E-state index is 0.634. The summed E-state index contributed by atoms with van der Waals surface area (Å²) >= 11 is 0. The van der Waals surface area contributed by atoms with Crippen LogP contribution in [-0.2, 0) is 0 Å². The van der Waals surface area contributed by atoms with Gasteiger partial charge < -0.3 is 0 Å². The van der Waals surface area contributed by atoms with Gasteiger partial charge >= 0.3 is 0 Å². The predicted molar refractivity (Wildman–Crippen MR) is 60.1 cm³/mol. The Balaban J connectivity index is 1.95. The molecule has 14 heavy (non-hydrogen) atoms. The van der Waals surface area contributed by atoms with Gasteiger partial charge in [-0.15, -0.1) is 0 Å². The summed E-state index contributed by atoms with van der Waals surface area (Å²) in [5, 5.41) is 0. The van der Waals surface area contributed by atoms with E-state index in [2.05, 4.69) is 27.7 Å². The molecule has 0 aromatic carbocycles. The van der Waals surface area contributed by atoms with Gasteiger partial charge in [-0.3, -0.25) is 0 Å². The topological polar surface area (TPSA) is 0 Å². The van der Waals surface area contributed by atoms with Crippen molar-refractivity contribution in [3.8, 4) is 0 Å². The van der Waals surface area contributed by atoms with Crippen LogP contribution in [0.5, 0.6) is 0 Å². The Labute approximate surface area is 88.5 Å². The minimum atomic E-state index is 0.634. The Morgan fingerprint density at radius 1 is 0.929 bits per heavy atom. The van der Waals surface area contributed by atoms with E-state index in [1.807, 2.05) is 0 Å². The Bertz CT molecular complexity index is 278. The smallest absolute Gasteiger partial charge is 0.0230 e. The largest absolute Gasteiger partial charge is 0.0622 e. The second-order valence-corrected chi connectivity index (χ2v) is 7.71. The summed E-state index contributed by atoms with van der Waals surface area (Å²) in [6.07, 6.45) is 7.64. The van der Waals surface area contributed by atoms with E-state index in [1.165, 1.54) is 19.3 Å². The first-order valence-electron chi connectivity index (χ1n) is 6.36. The van der Waals surface area contributed by atoms with Gasteiger partial charge in [0.05, 0.1) is 0 Å². The van der Waals surface area contributed by atoms with E-state index in [9.17, 15) is 0 Å². The third kappa shape index (κ3) is 1.01. The van der Waals surface area contributed by atoms with Gasteiger partial charge in [0, 0.05) is 0 Å². The number of fused-ring (bicyclic) bond motifs is 1. The van der Waals surface area contributed by atoms with Crippen molar-refractivity contribution < 1.29 is 0 Å². The Hall–Kier alpha value is 0. The van der Waals surface area contributed by atoms with Gasteiger partial charge in [-0.2, -0.15) is 0 Å². The molecule has 0 aromatic heterocycles. The van der Waals surface area contributed by atoms with Crippen LogP contribution in [0.4, 0.5) is 0 Å². The molecule has 3 fully saturated rings. The van der Waals surface area contributed by atoms with Crippen molar-refractivity contribution in [3.05, 3.63) is 0 Å². The first-order valence-corrected chi connectivity index (χ1v) is 6.36. The average molecular weight is 192 g/mol. The second kappa shape index (κ2) is 2.23. The summed E-state index contributed by atoms with van der Waals surface area (Å²) in [5.41, 5.74) is 2.18. The van der Waals surface area contributed by atoms with E-state index in [1.54, 1.807) is 12.8 Å². The van der Waals surface area contributed by atoms with Crippen LogP contribution in [0.15, 0.2) is 0 Å². The van der Waals surface area contributed by atoms with E-state index in [4.69, 9.17) is 0 Å². The standard InChI is InChI=1S/C14H24/c1-10-5-13(4)9-14(13)7-11(10)6-12(2,3)8-14/h10-11H,5-9H2,1-4H3. The van der Waals surface area contributed by atoms with Crippen molar-refractivity contribution in [1.29, 1.82) is 0 Å². The maximum atomic E-state index is 2.56. The van der Waals surface area contributed by atoms with Crippen molar-refractivity contribution in [1.82, 2.24) is 0 Å². The fraction of sp³-hybridized carbons (Fsp3) is 1.00. The Morgan fingerprint density at radius 3 is 2.36 bits per heavy atom. The molecule has 0 heterocycles. The molecule has 0 aromatic rings.